The Labute approximate surface area is 111 Å². The van der Waals surface area contributed by atoms with Gasteiger partial charge >= 0.3 is 5.97 Å². The van der Waals surface area contributed by atoms with Crippen LogP contribution in [0.15, 0.2) is 0 Å². The molecule has 4 N–H and O–H groups in total. The van der Waals surface area contributed by atoms with Crippen LogP contribution in [0, 0.1) is 0 Å². The van der Waals surface area contributed by atoms with Gasteiger partial charge in [-0.3, -0.25) is 0 Å². The summed E-state index contributed by atoms with van der Waals surface area (Å²) < 4.78 is 6.64. The van der Waals surface area contributed by atoms with Crippen molar-refractivity contribution in [1.29, 1.82) is 0 Å². The lowest BCUT2D eigenvalue weighted by molar-refractivity contribution is -0.00251. The molecule has 0 spiro atoms. The van der Waals surface area contributed by atoms with Gasteiger partial charge in [-0.15, -0.1) is 5.10 Å². The lowest BCUT2D eigenvalue weighted by Crippen LogP contribution is -2.26. The largest absolute Gasteiger partial charge is 0.476 e. The summed E-state index contributed by atoms with van der Waals surface area (Å²) in [5.74, 6) is -1.15. The number of hydrogen-bond acceptors (Lipinski definition) is 6. The van der Waals surface area contributed by atoms with Gasteiger partial charge in [-0.25, -0.2) is 9.48 Å². The van der Waals surface area contributed by atoms with E-state index in [0.29, 0.717) is 12.1 Å². The topological polar surface area (TPSA) is 123 Å². The summed E-state index contributed by atoms with van der Waals surface area (Å²) in [6.07, 6.45) is -0.419. The number of rotatable bonds is 8. The van der Waals surface area contributed by atoms with Crippen molar-refractivity contribution in [2.24, 2.45) is 5.73 Å². The third kappa shape index (κ3) is 4.58. The molecule has 0 aliphatic rings. The first-order chi connectivity index (χ1) is 8.95. The van der Waals surface area contributed by atoms with E-state index in [9.17, 15) is 9.90 Å². The first-order valence-corrected chi connectivity index (χ1v) is 6.11. The third-order valence-electron chi connectivity index (χ3n) is 2.43. The van der Waals surface area contributed by atoms with E-state index in [0.717, 1.165) is 0 Å². The summed E-state index contributed by atoms with van der Waals surface area (Å²) in [7, 11) is 0. The molecule has 108 valence electrons. The lowest BCUT2D eigenvalue weighted by atomic mass is 10.2. The van der Waals surface area contributed by atoms with Crippen LogP contribution in [-0.2, 0) is 17.7 Å². The Morgan fingerprint density at radius 3 is 2.74 bits per heavy atom. The van der Waals surface area contributed by atoms with Crippen LogP contribution in [0.4, 0.5) is 0 Å². The lowest BCUT2D eigenvalue weighted by Gasteiger charge is -2.14. The summed E-state index contributed by atoms with van der Waals surface area (Å²) in [4.78, 5) is 11.0. The monoisotopic (exact) mass is 272 g/mol. The van der Waals surface area contributed by atoms with Gasteiger partial charge in [-0.2, -0.15) is 0 Å². The van der Waals surface area contributed by atoms with Gasteiger partial charge in [-0.1, -0.05) is 5.21 Å². The van der Waals surface area contributed by atoms with Crippen molar-refractivity contribution in [3.05, 3.63) is 11.4 Å². The van der Waals surface area contributed by atoms with Crippen LogP contribution in [0.5, 0.6) is 0 Å². The molecule has 0 aliphatic carbocycles. The minimum absolute atomic E-state index is 0.0171. The summed E-state index contributed by atoms with van der Waals surface area (Å²) in [6, 6.07) is 0. The zero-order valence-electron chi connectivity index (χ0n) is 11.1. The smallest absolute Gasteiger partial charge is 0.358 e. The van der Waals surface area contributed by atoms with Gasteiger partial charge in [-0.05, 0) is 20.4 Å². The highest BCUT2D eigenvalue weighted by atomic mass is 16.5. The van der Waals surface area contributed by atoms with Crippen LogP contribution < -0.4 is 5.73 Å². The molecule has 0 saturated carbocycles. The molecular formula is C11H20N4O4. The maximum atomic E-state index is 11.0. The number of aromatic carboxylic acids is 1. The zero-order valence-corrected chi connectivity index (χ0v) is 11.1. The van der Waals surface area contributed by atoms with Crippen LogP contribution in [-0.4, -0.2) is 56.5 Å². The Morgan fingerprint density at radius 1 is 1.53 bits per heavy atom. The summed E-state index contributed by atoms with van der Waals surface area (Å²) in [6.45, 7) is 4.30. The van der Waals surface area contributed by atoms with E-state index in [-0.39, 0.29) is 31.5 Å². The van der Waals surface area contributed by atoms with Gasteiger partial charge in [0, 0.05) is 6.42 Å². The van der Waals surface area contributed by atoms with Crippen LogP contribution >= 0.6 is 0 Å². The average molecular weight is 272 g/mol. The van der Waals surface area contributed by atoms with Gasteiger partial charge in [0.05, 0.1) is 31.1 Å². The van der Waals surface area contributed by atoms with Gasteiger partial charge in [0.15, 0.2) is 5.69 Å². The molecule has 0 radical (unpaired) electrons. The summed E-state index contributed by atoms with van der Waals surface area (Å²) in [5.41, 5.74) is 5.73. The van der Waals surface area contributed by atoms with Crippen LogP contribution in [0.2, 0.25) is 0 Å². The van der Waals surface area contributed by atoms with E-state index in [1.54, 1.807) is 0 Å². The number of hydrogen-bond donors (Lipinski definition) is 3. The number of carboxylic acid groups (broad SMARTS) is 1. The van der Waals surface area contributed by atoms with E-state index >= 15 is 0 Å². The Hall–Kier alpha value is -1.51. The highest BCUT2D eigenvalue weighted by Gasteiger charge is 2.20. The highest BCUT2D eigenvalue weighted by Crippen LogP contribution is 2.07. The molecule has 1 unspecified atom stereocenters. The van der Waals surface area contributed by atoms with Crippen molar-refractivity contribution in [3.8, 4) is 0 Å². The molecule has 0 saturated heterocycles. The normalized spacial score (nSPS) is 12.9. The van der Waals surface area contributed by atoms with E-state index in [1.165, 1.54) is 4.68 Å². The second kappa shape index (κ2) is 7.17. The van der Waals surface area contributed by atoms with E-state index in [4.69, 9.17) is 15.6 Å². The number of nitrogens with two attached hydrogens (primary N) is 1. The second-order valence-electron chi connectivity index (χ2n) is 4.45. The molecule has 0 amide bonds. The van der Waals surface area contributed by atoms with Crippen molar-refractivity contribution in [2.45, 2.75) is 39.0 Å². The fourth-order valence-corrected chi connectivity index (χ4v) is 1.59. The van der Waals surface area contributed by atoms with E-state index in [1.807, 2.05) is 13.8 Å². The number of aromatic nitrogens is 3. The Bertz CT molecular complexity index is 419. The number of nitrogens with zero attached hydrogens (tertiary/aromatic N) is 3. The van der Waals surface area contributed by atoms with Crippen molar-refractivity contribution < 1.29 is 19.7 Å². The minimum atomic E-state index is -1.15. The molecule has 1 aromatic heterocycles. The predicted octanol–water partition coefficient (Wildman–Crippen LogP) is -0.737. The number of ether oxygens (including phenoxy) is 1. The van der Waals surface area contributed by atoms with Crippen molar-refractivity contribution >= 4 is 5.97 Å². The molecule has 0 fully saturated rings. The molecule has 0 aliphatic heterocycles. The van der Waals surface area contributed by atoms with Gasteiger partial charge < -0.3 is 20.7 Å². The second-order valence-corrected chi connectivity index (χ2v) is 4.45. The van der Waals surface area contributed by atoms with Gasteiger partial charge in [0.25, 0.3) is 0 Å². The van der Waals surface area contributed by atoms with Gasteiger partial charge in [0.1, 0.15) is 0 Å². The van der Waals surface area contributed by atoms with Crippen molar-refractivity contribution in [1.82, 2.24) is 15.0 Å². The number of carboxylic acids is 1. The van der Waals surface area contributed by atoms with Crippen LogP contribution in [0.25, 0.3) is 0 Å². The molecule has 0 aromatic carbocycles. The molecular weight excluding hydrogens is 252 g/mol. The van der Waals surface area contributed by atoms with E-state index < -0.39 is 12.1 Å². The third-order valence-corrected chi connectivity index (χ3v) is 2.43. The Kier molecular flexibility index (Phi) is 5.87. The predicted molar refractivity (Wildman–Crippen MR) is 66.8 cm³/mol. The SMILES string of the molecule is CC(C)OCC(O)Cn1nnc(C(=O)O)c1CCN. The Morgan fingerprint density at radius 2 is 2.21 bits per heavy atom. The molecule has 1 heterocycles. The molecule has 1 aromatic rings. The van der Waals surface area contributed by atoms with Crippen LogP contribution in [0.3, 0.4) is 0 Å². The fraction of sp³-hybridized carbons (Fsp3) is 0.727. The highest BCUT2D eigenvalue weighted by molar-refractivity contribution is 5.86. The summed E-state index contributed by atoms with van der Waals surface area (Å²) in [5, 5.41) is 26.1. The molecule has 1 atom stereocenters. The standard InChI is InChI=1S/C11H20N4O4/c1-7(2)19-6-8(16)5-15-9(3-4-12)10(11(17)18)13-14-15/h7-8,16H,3-6,12H2,1-2H3,(H,17,18). The van der Waals surface area contributed by atoms with E-state index in [2.05, 4.69) is 10.3 Å². The van der Waals surface area contributed by atoms with Gasteiger partial charge in [0.2, 0.25) is 0 Å². The fourth-order valence-electron chi connectivity index (χ4n) is 1.59. The summed E-state index contributed by atoms with van der Waals surface area (Å²) >= 11 is 0. The zero-order chi connectivity index (χ0) is 14.4. The van der Waals surface area contributed by atoms with Crippen LogP contribution in [0.1, 0.15) is 30.0 Å². The number of aliphatic hydroxyl groups excluding tert-OH is 1. The van der Waals surface area contributed by atoms with Crippen molar-refractivity contribution in [3.63, 3.8) is 0 Å². The number of carbonyl (C=O) groups is 1. The molecule has 8 nitrogen and oxygen atoms in total. The quantitative estimate of drug-likeness (QED) is 0.569. The Balaban J connectivity index is 2.74. The first kappa shape index (κ1) is 15.5. The average Bonchev–Trinajstić information content (AvgIpc) is 2.70. The van der Waals surface area contributed by atoms with Crippen molar-refractivity contribution in [2.75, 3.05) is 13.2 Å². The molecule has 1 rings (SSSR count). The molecule has 8 heteroatoms. The first-order valence-electron chi connectivity index (χ1n) is 6.11. The molecule has 19 heavy (non-hydrogen) atoms. The minimum Gasteiger partial charge on any atom is -0.476 e. The number of aliphatic hydroxyl groups is 1. The maximum absolute atomic E-state index is 11.0. The maximum Gasteiger partial charge on any atom is 0.358 e. The molecule has 0 bridgehead atoms.